The number of aliphatic hydroxyl groups is 1. The number of H-pyrrole nitrogens is 1. The third-order valence-electron chi connectivity index (χ3n) is 14.2. The van der Waals surface area contributed by atoms with Crippen molar-refractivity contribution in [3.63, 3.8) is 0 Å². The SMILES string of the molecule is CC[C@]12C=CCN3CC[C@@]4(c5cc(C(C(=O)OC)c6[nH]c7ccccc7c6CN6CCc7ccccc7C6)c(OC)cc5N(C)[C@H]4[C@@](O)(C(=O)OC)[C@@H]1OC(C)=O)[C@@H]32. The number of hydrogen-bond acceptors (Lipinski definition) is 11. The highest BCUT2D eigenvalue weighted by atomic mass is 16.6. The van der Waals surface area contributed by atoms with Gasteiger partial charge in [0.2, 0.25) is 5.60 Å². The lowest BCUT2D eigenvalue weighted by molar-refractivity contribution is -0.228. The highest BCUT2D eigenvalue weighted by molar-refractivity contribution is 5.92. The van der Waals surface area contributed by atoms with E-state index in [0.717, 1.165) is 52.9 Å². The van der Waals surface area contributed by atoms with Gasteiger partial charge in [-0.2, -0.15) is 0 Å². The number of esters is 3. The number of hydrogen-bond donors (Lipinski definition) is 2. The Bertz CT molecular complexity index is 2360. The molecule has 9 rings (SSSR count). The number of aromatic nitrogens is 1. The Morgan fingerprint density at radius 1 is 0.983 bits per heavy atom. The van der Waals surface area contributed by atoms with Gasteiger partial charge in [-0.3, -0.25) is 19.4 Å². The van der Waals surface area contributed by atoms with Gasteiger partial charge in [0.15, 0.2) is 6.10 Å². The van der Waals surface area contributed by atoms with Crippen LogP contribution >= 0.6 is 0 Å². The van der Waals surface area contributed by atoms with Gasteiger partial charge >= 0.3 is 17.9 Å². The number of fused-ring (bicyclic) bond motifs is 3. The Kier molecular flexibility index (Phi) is 9.25. The minimum absolute atomic E-state index is 0.276. The highest BCUT2D eigenvalue weighted by Gasteiger charge is 2.80. The Hall–Kier alpha value is -5.17. The van der Waals surface area contributed by atoms with Crippen LogP contribution in [0.2, 0.25) is 0 Å². The fourth-order valence-corrected chi connectivity index (χ4v) is 12.1. The van der Waals surface area contributed by atoms with Crippen molar-refractivity contribution in [2.45, 2.75) is 81.3 Å². The number of methoxy groups -OCH3 is 3. The van der Waals surface area contributed by atoms with Crippen molar-refractivity contribution in [2.75, 3.05) is 52.9 Å². The minimum Gasteiger partial charge on any atom is -0.496 e. The van der Waals surface area contributed by atoms with Crippen LogP contribution in [0, 0.1) is 5.41 Å². The molecular weight excluding hydrogens is 737 g/mol. The van der Waals surface area contributed by atoms with E-state index in [1.54, 1.807) is 7.11 Å². The van der Waals surface area contributed by atoms with Gasteiger partial charge < -0.3 is 33.9 Å². The van der Waals surface area contributed by atoms with Crippen LogP contribution < -0.4 is 9.64 Å². The maximum atomic E-state index is 14.5. The first-order valence-electron chi connectivity index (χ1n) is 20.3. The molecule has 4 aromatic rings. The van der Waals surface area contributed by atoms with E-state index in [-0.39, 0.29) is 6.04 Å². The predicted octanol–water partition coefficient (Wildman–Crippen LogP) is 4.99. The number of rotatable bonds is 9. The van der Waals surface area contributed by atoms with E-state index in [9.17, 15) is 19.5 Å². The molecule has 1 spiro atoms. The minimum atomic E-state index is -2.27. The summed E-state index contributed by atoms with van der Waals surface area (Å²) in [7, 11) is 6.11. The van der Waals surface area contributed by atoms with Gasteiger partial charge in [0.1, 0.15) is 11.7 Å². The van der Waals surface area contributed by atoms with Gasteiger partial charge in [0.05, 0.1) is 27.4 Å². The van der Waals surface area contributed by atoms with Crippen molar-refractivity contribution >= 4 is 34.5 Å². The molecule has 4 aliphatic heterocycles. The van der Waals surface area contributed by atoms with Crippen LogP contribution in [0.3, 0.4) is 0 Å². The number of carbonyl (C=O) groups excluding carboxylic acids is 3. The first kappa shape index (κ1) is 38.4. The summed E-state index contributed by atoms with van der Waals surface area (Å²) in [5, 5.41) is 14.2. The summed E-state index contributed by atoms with van der Waals surface area (Å²) in [6.07, 6.45) is 4.87. The molecule has 2 fully saturated rings. The zero-order valence-corrected chi connectivity index (χ0v) is 34.0. The summed E-state index contributed by atoms with van der Waals surface area (Å²) in [6.45, 7) is 6.93. The van der Waals surface area contributed by atoms with E-state index in [1.807, 2.05) is 43.1 Å². The van der Waals surface area contributed by atoms with Gasteiger partial charge in [-0.1, -0.05) is 61.5 Å². The van der Waals surface area contributed by atoms with E-state index in [0.29, 0.717) is 43.8 Å². The van der Waals surface area contributed by atoms with E-state index in [1.165, 1.54) is 32.3 Å². The second-order valence-corrected chi connectivity index (χ2v) is 16.7. The molecule has 0 amide bonds. The average Bonchev–Trinajstić information content (AvgIpc) is 3.88. The molecule has 2 N–H and O–H groups in total. The van der Waals surface area contributed by atoms with E-state index in [4.69, 9.17) is 18.9 Å². The van der Waals surface area contributed by atoms with Crippen molar-refractivity contribution in [3.05, 3.63) is 106 Å². The molecule has 1 aromatic heterocycles. The molecule has 12 heteroatoms. The fraction of sp³-hybridized carbons (Fsp3) is 0.457. The fourth-order valence-electron chi connectivity index (χ4n) is 12.1. The number of benzene rings is 3. The third-order valence-corrected chi connectivity index (χ3v) is 14.2. The monoisotopic (exact) mass is 788 g/mol. The van der Waals surface area contributed by atoms with E-state index in [2.05, 4.69) is 63.3 Å². The van der Waals surface area contributed by atoms with Crippen molar-refractivity contribution in [2.24, 2.45) is 5.41 Å². The Morgan fingerprint density at radius 3 is 2.47 bits per heavy atom. The summed E-state index contributed by atoms with van der Waals surface area (Å²) in [5.41, 5.74) is 3.49. The number of nitrogens with one attached hydrogen (secondary N) is 1. The molecular formula is C46H52N4O8. The molecule has 5 aliphatic rings. The Balaban J connectivity index is 1.25. The van der Waals surface area contributed by atoms with Crippen LogP contribution in [0.5, 0.6) is 5.75 Å². The van der Waals surface area contributed by atoms with Gasteiger partial charge in [-0.05, 0) is 60.2 Å². The van der Waals surface area contributed by atoms with Gasteiger partial charge in [0.25, 0.3) is 0 Å². The van der Waals surface area contributed by atoms with Gasteiger partial charge in [-0.25, -0.2) is 4.79 Å². The molecule has 5 heterocycles. The molecule has 1 unspecified atom stereocenters. The lowest BCUT2D eigenvalue weighted by atomic mass is 9.47. The smallest absolute Gasteiger partial charge is 0.344 e. The van der Waals surface area contributed by atoms with Crippen molar-refractivity contribution in [1.29, 1.82) is 0 Å². The van der Waals surface area contributed by atoms with Crippen molar-refractivity contribution in [3.8, 4) is 5.75 Å². The number of anilines is 1. The van der Waals surface area contributed by atoms with Gasteiger partial charge in [-0.15, -0.1) is 0 Å². The maximum absolute atomic E-state index is 14.5. The Labute approximate surface area is 338 Å². The molecule has 58 heavy (non-hydrogen) atoms. The first-order chi connectivity index (χ1) is 28.0. The number of carbonyl (C=O) groups is 3. The zero-order valence-electron chi connectivity index (χ0n) is 34.0. The second-order valence-electron chi connectivity index (χ2n) is 16.7. The normalized spacial score (nSPS) is 28.9. The van der Waals surface area contributed by atoms with Crippen LogP contribution in [-0.2, 0) is 53.5 Å². The van der Waals surface area contributed by atoms with Crippen molar-refractivity contribution < 1.29 is 38.4 Å². The zero-order chi connectivity index (χ0) is 40.7. The van der Waals surface area contributed by atoms with E-state index < -0.39 is 52.4 Å². The molecule has 304 valence electrons. The standard InChI is InChI=1S/C46H52N4O8/c1-7-44-18-12-20-50-22-19-45(40(44)50)33-23-31(36(55-4)24-35(33)48(3)41(45)46(54,43(53)57-6)42(44)58-27(2)51)37(39(52)56-5)38-32(30-15-10-11-16-34(30)47-38)26-49-21-17-28-13-8-9-14-29(28)25-49/h8-16,18,23-24,37,40-42,47,54H,7,17,19-22,25-26H2,1-6H3/t37?,40-,41+,42+,44+,45+,46-/m0/s1. The maximum Gasteiger partial charge on any atom is 0.344 e. The molecule has 7 atom stereocenters. The number of aromatic amines is 1. The quantitative estimate of drug-likeness (QED) is 0.135. The summed E-state index contributed by atoms with van der Waals surface area (Å²) in [5.74, 6) is -2.36. The lowest BCUT2D eigenvalue weighted by Crippen LogP contribution is -2.81. The summed E-state index contributed by atoms with van der Waals surface area (Å²) in [6, 6.07) is 19.5. The highest BCUT2D eigenvalue weighted by Crippen LogP contribution is 2.68. The Morgan fingerprint density at radius 2 is 1.74 bits per heavy atom. The second kappa shape index (κ2) is 14.0. The van der Waals surface area contributed by atoms with Crippen LogP contribution in [-0.4, -0.2) is 110 Å². The molecule has 3 aromatic carbocycles. The third kappa shape index (κ3) is 5.20. The number of likely N-dealkylation sites (N-methyl/N-ethyl adjacent to an activating group) is 1. The van der Waals surface area contributed by atoms with Crippen molar-refractivity contribution in [1.82, 2.24) is 14.8 Å². The molecule has 0 bridgehead atoms. The predicted molar refractivity (Wildman–Crippen MR) is 218 cm³/mol. The summed E-state index contributed by atoms with van der Waals surface area (Å²) >= 11 is 0. The van der Waals surface area contributed by atoms with Crippen LogP contribution in [0.25, 0.3) is 10.9 Å². The van der Waals surface area contributed by atoms with Crippen LogP contribution in [0.1, 0.15) is 66.1 Å². The van der Waals surface area contributed by atoms with Crippen LogP contribution in [0.15, 0.2) is 72.8 Å². The largest absolute Gasteiger partial charge is 0.496 e. The first-order valence-corrected chi connectivity index (χ1v) is 20.3. The molecule has 0 radical (unpaired) electrons. The lowest BCUT2D eigenvalue weighted by Gasteiger charge is -2.63. The molecule has 12 nitrogen and oxygen atoms in total. The van der Waals surface area contributed by atoms with Gasteiger partial charge in [0, 0.05) is 90.9 Å². The molecule has 1 saturated carbocycles. The molecule has 1 saturated heterocycles. The molecule has 1 aliphatic carbocycles. The van der Waals surface area contributed by atoms with E-state index >= 15 is 0 Å². The average molecular weight is 789 g/mol. The summed E-state index contributed by atoms with van der Waals surface area (Å²) in [4.78, 5) is 52.1. The number of para-hydroxylation sites is 1. The number of ether oxygens (including phenoxy) is 4. The topological polar surface area (TPSA) is 134 Å². The van der Waals surface area contributed by atoms with Crippen LogP contribution in [0.4, 0.5) is 5.69 Å². The number of nitrogens with zero attached hydrogens (tertiary/aromatic N) is 3. The summed E-state index contributed by atoms with van der Waals surface area (Å²) < 4.78 is 23.4.